The van der Waals surface area contributed by atoms with Crippen molar-refractivity contribution in [2.75, 3.05) is 26.2 Å². The van der Waals surface area contributed by atoms with E-state index in [0.717, 1.165) is 18.2 Å². The van der Waals surface area contributed by atoms with Gasteiger partial charge < -0.3 is 15.1 Å². The second-order valence-corrected chi connectivity index (χ2v) is 9.36. The van der Waals surface area contributed by atoms with Crippen molar-refractivity contribution < 1.29 is 18.4 Å². The van der Waals surface area contributed by atoms with Gasteiger partial charge in [-0.3, -0.25) is 14.6 Å². The Labute approximate surface area is 201 Å². The fraction of sp³-hybridized carbons (Fsp3) is 0.320. The fourth-order valence-corrected chi connectivity index (χ4v) is 4.47. The van der Waals surface area contributed by atoms with Crippen LogP contribution in [-0.2, 0) is 4.79 Å². The smallest absolute Gasteiger partial charge is 0.289 e. The maximum atomic E-state index is 14.2. The first-order valence-corrected chi connectivity index (χ1v) is 11.4. The van der Waals surface area contributed by atoms with Gasteiger partial charge in [-0.15, -0.1) is 0 Å². The van der Waals surface area contributed by atoms with E-state index in [0.29, 0.717) is 42.2 Å². The molecule has 2 aliphatic rings. The van der Waals surface area contributed by atoms with E-state index in [1.54, 1.807) is 34.1 Å². The topological polar surface area (TPSA) is 65.0 Å². The van der Waals surface area contributed by atoms with Gasteiger partial charge in [0.1, 0.15) is 11.6 Å². The van der Waals surface area contributed by atoms with Crippen LogP contribution in [0.4, 0.5) is 8.78 Å². The van der Waals surface area contributed by atoms with Crippen LogP contribution >= 0.6 is 11.6 Å². The zero-order valence-corrected chi connectivity index (χ0v) is 19.7. The lowest BCUT2D eigenvalue weighted by molar-refractivity contribution is -0.132. The largest absolute Gasteiger partial charge is 0.342 e. The van der Waals surface area contributed by atoms with Crippen molar-refractivity contribution in [2.24, 2.45) is 4.99 Å². The van der Waals surface area contributed by atoms with Crippen molar-refractivity contribution in [3.05, 3.63) is 76.4 Å². The third-order valence-corrected chi connectivity index (χ3v) is 6.25. The third kappa shape index (κ3) is 4.97. The second-order valence-electron chi connectivity index (χ2n) is 8.92. The molecule has 2 aromatic rings. The van der Waals surface area contributed by atoms with Crippen molar-refractivity contribution in [1.82, 2.24) is 15.1 Å². The molecule has 2 aromatic carbocycles. The molecule has 34 heavy (non-hydrogen) atoms. The molecule has 1 N–H and O–H groups in total. The highest BCUT2D eigenvalue weighted by atomic mass is 35.5. The van der Waals surface area contributed by atoms with Crippen LogP contribution in [0.5, 0.6) is 0 Å². The SMILES string of the molecule is CC1(C)CN(C(=O)c2cccc(Cl)c2)CCN1C(=O)C1=NCCC(c2cc(F)ccc2F)=CN1. The number of rotatable bonds is 3. The Morgan fingerprint density at radius 1 is 1.09 bits per heavy atom. The summed E-state index contributed by atoms with van der Waals surface area (Å²) in [6, 6.07) is 10.1. The first kappa shape index (κ1) is 23.9. The van der Waals surface area contributed by atoms with Gasteiger partial charge in [0, 0.05) is 48.5 Å². The van der Waals surface area contributed by atoms with E-state index in [1.165, 1.54) is 6.20 Å². The number of amidine groups is 1. The molecule has 6 nitrogen and oxygen atoms in total. The third-order valence-electron chi connectivity index (χ3n) is 6.02. The molecule has 0 aromatic heterocycles. The second kappa shape index (κ2) is 9.54. The molecule has 0 spiro atoms. The highest BCUT2D eigenvalue weighted by Gasteiger charge is 2.40. The summed E-state index contributed by atoms with van der Waals surface area (Å²) < 4.78 is 27.8. The van der Waals surface area contributed by atoms with Crippen molar-refractivity contribution >= 4 is 34.8 Å². The summed E-state index contributed by atoms with van der Waals surface area (Å²) in [7, 11) is 0. The van der Waals surface area contributed by atoms with Crippen LogP contribution in [0, 0.1) is 11.6 Å². The average Bonchev–Trinajstić information content (AvgIpc) is 3.05. The first-order valence-electron chi connectivity index (χ1n) is 11.0. The summed E-state index contributed by atoms with van der Waals surface area (Å²) >= 11 is 6.03. The van der Waals surface area contributed by atoms with Crippen LogP contribution in [0.3, 0.4) is 0 Å². The van der Waals surface area contributed by atoms with Crippen molar-refractivity contribution in [2.45, 2.75) is 25.8 Å². The van der Waals surface area contributed by atoms with Gasteiger partial charge >= 0.3 is 0 Å². The molecule has 1 fully saturated rings. The summed E-state index contributed by atoms with van der Waals surface area (Å²) in [6.45, 7) is 5.07. The van der Waals surface area contributed by atoms with Gasteiger partial charge in [0.05, 0.1) is 5.54 Å². The lowest BCUT2D eigenvalue weighted by Crippen LogP contribution is -2.63. The summed E-state index contributed by atoms with van der Waals surface area (Å²) in [6.07, 6.45) is 1.86. The number of nitrogens with one attached hydrogen (secondary N) is 1. The highest BCUT2D eigenvalue weighted by Crippen LogP contribution is 2.26. The minimum atomic E-state index is -0.652. The minimum absolute atomic E-state index is 0.134. The zero-order valence-electron chi connectivity index (χ0n) is 18.9. The molecule has 0 atom stereocenters. The number of amides is 2. The molecule has 1 saturated heterocycles. The van der Waals surface area contributed by atoms with Gasteiger partial charge in [0.2, 0.25) is 0 Å². The molecule has 2 aliphatic heterocycles. The Balaban J connectivity index is 1.47. The van der Waals surface area contributed by atoms with Gasteiger partial charge in [-0.2, -0.15) is 0 Å². The van der Waals surface area contributed by atoms with E-state index in [1.807, 2.05) is 13.8 Å². The summed E-state index contributed by atoms with van der Waals surface area (Å²) in [5, 5.41) is 3.38. The number of piperazine rings is 1. The van der Waals surface area contributed by atoms with Crippen LogP contribution in [0.25, 0.3) is 5.57 Å². The molecule has 2 heterocycles. The van der Waals surface area contributed by atoms with Gasteiger partial charge in [-0.1, -0.05) is 17.7 Å². The predicted molar refractivity (Wildman–Crippen MR) is 128 cm³/mol. The Morgan fingerprint density at radius 2 is 1.88 bits per heavy atom. The van der Waals surface area contributed by atoms with E-state index >= 15 is 0 Å². The van der Waals surface area contributed by atoms with E-state index in [2.05, 4.69) is 10.3 Å². The van der Waals surface area contributed by atoms with Crippen molar-refractivity contribution in [3.63, 3.8) is 0 Å². The number of aliphatic imine (C=N–C) groups is 1. The predicted octanol–water partition coefficient (Wildman–Crippen LogP) is 4.11. The van der Waals surface area contributed by atoms with Gasteiger partial charge in [-0.05, 0) is 62.2 Å². The van der Waals surface area contributed by atoms with Crippen LogP contribution in [-0.4, -0.2) is 59.2 Å². The monoisotopic (exact) mass is 486 g/mol. The molecular weight excluding hydrogens is 462 g/mol. The Bertz CT molecular complexity index is 1200. The average molecular weight is 487 g/mol. The number of hydrogen-bond acceptors (Lipinski definition) is 4. The molecular formula is C25H25ClF2N4O2. The maximum Gasteiger partial charge on any atom is 0.289 e. The summed E-state index contributed by atoms with van der Waals surface area (Å²) in [5.41, 5.74) is 0.520. The molecule has 0 bridgehead atoms. The number of benzene rings is 2. The van der Waals surface area contributed by atoms with Crippen molar-refractivity contribution in [1.29, 1.82) is 0 Å². The fourth-order valence-electron chi connectivity index (χ4n) is 4.28. The van der Waals surface area contributed by atoms with Crippen LogP contribution in [0.15, 0.2) is 53.7 Å². The van der Waals surface area contributed by atoms with Crippen LogP contribution in [0.1, 0.15) is 36.2 Å². The number of carbonyl (C=O) groups excluding carboxylic acids is 2. The van der Waals surface area contributed by atoms with E-state index in [4.69, 9.17) is 11.6 Å². The lowest BCUT2D eigenvalue weighted by atomic mass is 9.97. The van der Waals surface area contributed by atoms with E-state index in [9.17, 15) is 18.4 Å². The first-order chi connectivity index (χ1) is 16.2. The molecule has 2 amide bonds. The molecule has 0 radical (unpaired) electrons. The number of hydrogen-bond donors (Lipinski definition) is 1. The Morgan fingerprint density at radius 3 is 2.62 bits per heavy atom. The maximum absolute atomic E-state index is 14.2. The van der Waals surface area contributed by atoms with E-state index < -0.39 is 17.2 Å². The normalized spacial score (nSPS) is 17.9. The number of halogens is 3. The number of nitrogens with zero attached hydrogens (tertiary/aromatic N) is 3. The van der Waals surface area contributed by atoms with Crippen molar-refractivity contribution in [3.8, 4) is 0 Å². The summed E-state index contributed by atoms with van der Waals surface area (Å²) in [5.74, 6) is -1.39. The Hall–Kier alpha value is -3.26. The standard InChI is InChI=1S/C25H25ClF2N4O2/c1-25(2)15-31(23(33)16-4-3-5-18(26)12-16)10-11-32(25)24(34)22-29-9-8-17(14-30-22)20-13-19(27)6-7-21(20)28/h3-7,12-14H,8-11,15H2,1-2H3,(H,29,30). The molecule has 9 heteroatoms. The highest BCUT2D eigenvalue weighted by molar-refractivity contribution is 6.38. The molecule has 0 aliphatic carbocycles. The molecule has 178 valence electrons. The molecule has 0 saturated carbocycles. The zero-order chi connectivity index (χ0) is 24.5. The van der Waals surface area contributed by atoms with Gasteiger partial charge in [-0.25, -0.2) is 8.78 Å². The lowest BCUT2D eigenvalue weighted by Gasteiger charge is -2.47. The van der Waals surface area contributed by atoms with Gasteiger partial charge in [0.15, 0.2) is 5.84 Å². The number of carbonyl (C=O) groups is 2. The Kier molecular flexibility index (Phi) is 6.70. The summed E-state index contributed by atoms with van der Waals surface area (Å²) in [4.78, 5) is 34.0. The molecule has 4 rings (SSSR count). The van der Waals surface area contributed by atoms with Crippen LogP contribution < -0.4 is 5.32 Å². The quantitative estimate of drug-likeness (QED) is 0.710. The van der Waals surface area contributed by atoms with Gasteiger partial charge in [0.25, 0.3) is 11.8 Å². The minimum Gasteiger partial charge on any atom is -0.342 e. The molecule has 0 unspecified atom stereocenters. The van der Waals surface area contributed by atoms with Crippen LogP contribution in [0.2, 0.25) is 5.02 Å². The van der Waals surface area contributed by atoms with E-state index in [-0.39, 0.29) is 29.8 Å².